The first-order chi connectivity index (χ1) is 11.9. The van der Waals surface area contributed by atoms with Gasteiger partial charge in [-0.3, -0.25) is 4.99 Å². The number of oxazole rings is 1. The van der Waals surface area contributed by atoms with Crippen molar-refractivity contribution in [3.05, 3.63) is 47.2 Å². The van der Waals surface area contributed by atoms with Gasteiger partial charge in [0.2, 0.25) is 15.9 Å². The van der Waals surface area contributed by atoms with Crippen molar-refractivity contribution in [2.75, 3.05) is 14.1 Å². The molecule has 0 aliphatic carbocycles. The second-order valence-corrected chi connectivity index (χ2v) is 7.27. The molecule has 0 radical (unpaired) electrons. The van der Waals surface area contributed by atoms with Crippen LogP contribution < -0.4 is 15.4 Å². The van der Waals surface area contributed by atoms with Crippen molar-refractivity contribution in [2.24, 2.45) is 4.99 Å². The normalized spacial score (nSPS) is 12.2. The van der Waals surface area contributed by atoms with Crippen LogP contribution in [0.2, 0.25) is 0 Å². The largest absolute Gasteiger partial charge is 0.444 e. The van der Waals surface area contributed by atoms with Gasteiger partial charge in [0.15, 0.2) is 5.96 Å². The molecular weight excluding hydrogens is 342 g/mol. The Morgan fingerprint density at radius 1 is 1.16 bits per heavy atom. The standard InChI is InChI=1S/C16H23N5O3S/c1-11-12(2)24-15(21-11)10-20-16(17-3)19-9-13-5-7-14(8-6-13)25(22,23)18-4/h5-8,18H,9-10H2,1-4H3,(H2,17,19,20). The van der Waals surface area contributed by atoms with Crippen molar-refractivity contribution in [2.45, 2.75) is 31.8 Å². The van der Waals surface area contributed by atoms with Crippen LogP contribution in [-0.2, 0) is 23.1 Å². The Balaban J connectivity index is 1.90. The highest BCUT2D eigenvalue weighted by molar-refractivity contribution is 7.89. The van der Waals surface area contributed by atoms with Gasteiger partial charge < -0.3 is 15.1 Å². The maximum Gasteiger partial charge on any atom is 0.240 e. The summed E-state index contributed by atoms with van der Waals surface area (Å²) in [4.78, 5) is 8.67. The van der Waals surface area contributed by atoms with Crippen LogP contribution in [0.1, 0.15) is 22.9 Å². The SMILES string of the molecule is CN=C(NCc1ccc(S(=O)(=O)NC)cc1)NCc1nc(C)c(C)o1. The lowest BCUT2D eigenvalue weighted by atomic mass is 10.2. The monoisotopic (exact) mass is 365 g/mol. The summed E-state index contributed by atoms with van der Waals surface area (Å²) in [6.45, 7) is 4.70. The fourth-order valence-electron chi connectivity index (χ4n) is 2.08. The number of rotatable bonds is 6. The molecule has 0 saturated carbocycles. The number of benzene rings is 1. The van der Waals surface area contributed by atoms with Gasteiger partial charge >= 0.3 is 0 Å². The molecule has 0 atom stereocenters. The van der Waals surface area contributed by atoms with Crippen LogP contribution in [-0.4, -0.2) is 33.5 Å². The van der Waals surface area contributed by atoms with Crippen LogP contribution in [0, 0.1) is 13.8 Å². The van der Waals surface area contributed by atoms with E-state index >= 15 is 0 Å². The fraction of sp³-hybridized carbons (Fsp3) is 0.375. The summed E-state index contributed by atoms with van der Waals surface area (Å²) in [5.74, 6) is 2.00. The summed E-state index contributed by atoms with van der Waals surface area (Å²) in [7, 11) is -0.359. The highest BCUT2D eigenvalue weighted by Gasteiger charge is 2.10. The Morgan fingerprint density at radius 2 is 1.80 bits per heavy atom. The van der Waals surface area contributed by atoms with Crippen LogP contribution in [0.5, 0.6) is 0 Å². The molecule has 2 aromatic rings. The minimum absolute atomic E-state index is 0.232. The summed E-state index contributed by atoms with van der Waals surface area (Å²) < 4.78 is 31.2. The van der Waals surface area contributed by atoms with Gasteiger partial charge in [0.1, 0.15) is 5.76 Å². The van der Waals surface area contributed by atoms with Gasteiger partial charge in [-0.15, -0.1) is 0 Å². The number of guanidine groups is 1. The molecule has 1 heterocycles. The number of aliphatic imine (C=N–C) groups is 1. The molecule has 0 saturated heterocycles. The molecular formula is C16H23N5O3S. The van der Waals surface area contributed by atoms with Crippen LogP contribution in [0.4, 0.5) is 0 Å². The lowest BCUT2D eigenvalue weighted by molar-refractivity contribution is 0.463. The average Bonchev–Trinajstić information content (AvgIpc) is 2.93. The molecule has 0 unspecified atom stereocenters. The van der Waals surface area contributed by atoms with Crippen molar-refractivity contribution < 1.29 is 12.8 Å². The van der Waals surface area contributed by atoms with E-state index in [0.717, 1.165) is 17.0 Å². The average molecular weight is 365 g/mol. The van der Waals surface area contributed by atoms with Gasteiger partial charge in [-0.1, -0.05) is 12.1 Å². The van der Waals surface area contributed by atoms with E-state index in [-0.39, 0.29) is 4.90 Å². The Labute approximate surface area is 147 Å². The lowest BCUT2D eigenvalue weighted by Gasteiger charge is -2.11. The molecule has 3 N–H and O–H groups in total. The molecule has 0 bridgehead atoms. The Morgan fingerprint density at radius 3 is 2.32 bits per heavy atom. The van der Waals surface area contributed by atoms with Crippen LogP contribution >= 0.6 is 0 Å². The van der Waals surface area contributed by atoms with Crippen molar-refractivity contribution in [3.8, 4) is 0 Å². The number of aryl methyl sites for hydroxylation is 2. The molecule has 8 nitrogen and oxygen atoms in total. The molecule has 0 amide bonds. The van der Waals surface area contributed by atoms with Crippen LogP contribution in [0.15, 0.2) is 38.6 Å². The van der Waals surface area contributed by atoms with Crippen molar-refractivity contribution in [3.63, 3.8) is 0 Å². The quantitative estimate of drug-likeness (QED) is 0.522. The van der Waals surface area contributed by atoms with Crippen molar-refractivity contribution in [1.29, 1.82) is 0 Å². The van der Waals surface area contributed by atoms with E-state index in [4.69, 9.17) is 4.42 Å². The third kappa shape index (κ3) is 5.04. The number of sulfonamides is 1. The topological polar surface area (TPSA) is 109 Å². The fourth-order valence-corrected chi connectivity index (χ4v) is 2.81. The zero-order valence-electron chi connectivity index (χ0n) is 14.8. The molecule has 0 aliphatic heterocycles. The minimum Gasteiger partial charge on any atom is -0.444 e. The summed E-state index contributed by atoms with van der Waals surface area (Å²) >= 11 is 0. The van der Waals surface area contributed by atoms with Gasteiger partial charge in [-0.05, 0) is 38.6 Å². The van der Waals surface area contributed by atoms with E-state index < -0.39 is 10.0 Å². The molecule has 0 spiro atoms. The zero-order valence-corrected chi connectivity index (χ0v) is 15.6. The first-order valence-electron chi connectivity index (χ1n) is 7.75. The minimum atomic E-state index is -3.42. The smallest absolute Gasteiger partial charge is 0.240 e. The first kappa shape index (κ1) is 18.9. The Kier molecular flexibility index (Phi) is 6.16. The van der Waals surface area contributed by atoms with E-state index in [1.54, 1.807) is 31.3 Å². The van der Waals surface area contributed by atoms with Crippen molar-refractivity contribution >= 4 is 16.0 Å². The Hall–Kier alpha value is -2.39. The molecule has 0 aliphatic rings. The molecule has 2 rings (SSSR count). The molecule has 136 valence electrons. The number of hydrogen-bond donors (Lipinski definition) is 3. The van der Waals surface area contributed by atoms with Gasteiger partial charge in [0.25, 0.3) is 0 Å². The van der Waals surface area contributed by atoms with Crippen LogP contribution in [0.25, 0.3) is 0 Å². The Bertz CT molecular complexity index is 822. The summed E-state index contributed by atoms with van der Waals surface area (Å²) in [5, 5.41) is 6.27. The summed E-state index contributed by atoms with van der Waals surface area (Å²) in [5.41, 5.74) is 1.80. The van der Waals surface area contributed by atoms with Gasteiger partial charge in [0, 0.05) is 13.6 Å². The number of nitrogens with zero attached hydrogens (tertiary/aromatic N) is 2. The van der Waals surface area contributed by atoms with E-state index in [2.05, 4.69) is 25.3 Å². The predicted molar refractivity (Wildman–Crippen MR) is 95.7 cm³/mol. The van der Waals surface area contributed by atoms with Gasteiger partial charge in [-0.2, -0.15) is 0 Å². The zero-order chi connectivity index (χ0) is 18.4. The first-order valence-corrected chi connectivity index (χ1v) is 9.24. The second kappa shape index (κ2) is 8.13. The summed E-state index contributed by atoms with van der Waals surface area (Å²) in [6.07, 6.45) is 0. The molecule has 9 heteroatoms. The van der Waals surface area contributed by atoms with Gasteiger partial charge in [0.05, 0.1) is 17.1 Å². The highest BCUT2D eigenvalue weighted by atomic mass is 32.2. The molecule has 1 aromatic heterocycles. The van der Waals surface area contributed by atoms with E-state index in [0.29, 0.717) is 24.9 Å². The van der Waals surface area contributed by atoms with E-state index in [9.17, 15) is 8.42 Å². The maximum atomic E-state index is 11.7. The predicted octanol–water partition coefficient (Wildman–Crippen LogP) is 1.06. The van der Waals surface area contributed by atoms with E-state index in [1.165, 1.54) is 7.05 Å². The van der Waals surface area contributed by atoms with E-state index in [1.807, 2.05) is 13.8 Å². The highest BCUT2D eigenvalue weighted by Crippen LogP contribution is 2.10. The number of nitrogens with one attached hydrogen (secondary N) is 3. The van der Waals surface area contributed by atoms with Crippen molar-refractivity contribution in [1.82, 2.24) is 20.3 Å². The lowest BCUT2D eigenvalue weighted by Crippen LogP contribution is -2.36. The third-order valence-corrected chi connectivity index (χ3v) is 5.10. The van der Waals surface area contributed by atoms with Gasteiger partial charge in [-0.25, -0.2) is 18.1 Å². The molecule has 0 fully saturated rings. The molecule has 25 heavy (non-hydrogen) atoms. The molecule has 1 aromatic carbocycles. The third-order valence-electron chi connectivity index (χ3n) is 3.67. The van der Waals surface area contributed by atoms with Crippen LogP contribution in [0.3, 0.4) is 0 Å². The number of hydrogen-bond acceptors (Lipinski definition) is 5. The number of aromatic nitrogens is 1. The maximum absolute atomic E-state index is 11.7. The summed E-state index contributed by atoms with van der Waals surface area (Å²) in [6, 6.07) is 6.64. The second-order valence-electron chi connectivity index (χ2n) is 5.38.